The second kappa shape index (κ2) is 4.18. The lowest BCUT2D eigenvalue weighted by Crippen LogP contribution is -1.94. The summed E-state index contributed by atoms with van der Waals surface area (Å²) in [5, 5.41) is 2.93. The van der Waals surface area contributed by atoms with Crippen LogP contribution in [0.15, 0.2) is 42.5 Å². The van der Waals surface area contributed by atoms with Gasteiger partial charge in [-0.15, -0.1) is 0 Å². The maximum Gasteiger partial charge on any atom is 0.127 e. The van der Waals surface area contributed by atoms with E-state index in [1.54, 1.807) is 18.2 Å². The molecule has 0 spiro atoms. The normalized spacial score (nSPS) is 10.1. The molecule has 0 amide bonds. The van der Waals surface area contributed by atoms with Crippen LogP contribution in [0.4, 0.5) is 25.8 Å². The first-order chi connectivity index (χ1) is 7.63. The number of hydrogen-bond acceptors (Lipinski definition) is 2. The number of benzene rings is 2. The average Bonchev–Trinajstić information content (AvgIpc) is 2.20. The van der Waals surface area contributed by atoms with Crippen molar-refractivity contribution in [2.75, 3.05) is 11.1 Å². The predicted octanol–water partition coefficient (Wildman–Crippen LogP) is 3.29. The van der Waals surface area contributed by atoms with E-state index in [4.69, 9.17) is 5.73 Å². The highest BCUT2D eigenvalue weighted by molar-refractivity contribution is 5.63. The van der Waals surface area contributed by atoms with E-state index in [9.17, 15) is 8.78 Å². The summed E-state index contributed by atoms with van der Waals surface area (Å²) >= 11 is 0. The van der Waals surface area contributed by atoms with Gasteiger partial charge in [-0.25, -0.2) is 8.78 Å². The minimum Gasteiger partial charge on any atom is -0.399 e. The number of rotatable bonds is 2. The lowest BCUT2D eigenvalue weighted by Gasteiger charge is -2.07. The number of nitrogens with two attached hydrogens (primary N) is 1. The SMILES string of the molecule is Nc1cc(F)cc(Nc2ccc(F)cc2)c1. The van der Waals surface area contributed by atoms with Crippen LogP contribution >= 0.6 is 0 Å². The van der Waals surface area contributed by atoms with Gasteiger partial charge in [-0.05, 0) is 42.5 Å². The molecular formula is C12H10F2N2. The summed E-state index contributed by atoms with van der Waals surface area (Å²) in [7, 11) is 0. The number of anilines is 3. The van der Waals surface area contributed by atoms with Gasteiger partial charge in [0.15, 0.2) is 0 Å². The van der Waals surface area contributed by atoms with Crippen molar-refractivity contribution in [2.45, 2.75) is 0 Å². The summed E-state index contributed by atoms with van der Waals surface area (Å²) in [6, 6.07) is 9.94. The first-order valence-corrected chi connectivity index (χ1v) is 4.72. The standard InChI is InChI=1S/C12H10F2N2/c13-8-1-3-11(4-2-8)16-12-6-9(14)5-10(15)7-12/h1-7,16H,15H2. The molecule has 82 valence electrons. The summed E-state index contributed by atoms with van der Waals surface area (Å²) in [5.74, 6) is -0.728. The fourth-order valence-corrected chi connectivity index (χ4v) is 1.38. The third-order valence-electron chi connectivity index (χ3n) is 2.05. The second-order valence-electron chi connectivity index (χ2n) is 3.41. The molecule has 0 aliphatic rings. The minimum atomic E-state index is -0.412. The van der Waals surface area contributed by atoms with Crippen molar-refractivity contribution in [2.24, 2.45) is 0 Å². The Labute approximate surface area is 91.7 Å². The van der Waals surface area contributed by atoms with Crippen molar-refractivity contribution in [1.82, 2.24) is 0 Å². The Balaban J connectivity index is 2.23. The van der Waals surface area contributed by atoms with Gasteiger partial charge >= 0.3 is 0 Å². The smallest absolute Gasteiger partial charge is 0.127 e. The predicted molar refractivity (Wildman–Crippen MR) is 60.5 cm³/mol. The lowest BCUT2D eigenvalue weighted by molar-refractivity contribution is 0.627. The maximum absolute atomic E-state index is 13.0. The Bertz CT molecular complexity index is 475. The molecule has 2 aromatic carbocycles. The molecule has 0 aliphatic carbocycles. The summed E-state index contributed by atoms with van der Waals surface area (Å²) in [4.78, 5) is 0. The minimum absolute atomic E-state index is 0.315. The maximum atomic E-state index is 13.0. The van der Waals surface area contributed by atoms with Crippen molar-refractivity contribution in [3.8, 4) is 0 Å². The largest absolute Gasteiger partial charge is 0.399 e. The Kier molecular flexibility index (Phi) is 2.72. The van der Waals surface area contributed by atoms with Crippen LogP contribution in [0.1, 0.15) is 0 Å². The van der Waals surface area contributed by atoms with E-state index in [0.29, 0.717) is 17.1 Å². The highest BCUT2D eigenvalue weighted by Gasteiger charge is 1.99. The number of nitrogens with one attached hydrogen (secondary N) is 1. The molecule has 0 unspecified atom stereocenters. The Morgan fingerprint density at radius 1 is 0.812 bits per heavy atom. The van der Waals surface area contributed by atoms with Crippen LogP contribution in [0.2, 0.25) is 0 Å². The van der Waals surface area contributed by atoms with Crippen LogP contribution in [-0.2, 0) is 0 Å². The molecule has 2 rings (SSSR count). The Morgan fingerprint density at radius 3 is 2.12 bits per heavy atom. The molecular weight excluding hydrogens is 210 g/mol. The highest BCUT2D eigenvalue weighted by Crippen LogP contribution is 2.20. The molecule has 2 nitrogen and oxygen atoms in total. The van der Waals surface area contributed by atoms with E-state index >= 15 is 0 Å². The van der Waals surface area contributed by atoms with E-state index in [2.05, 4.69) is 5.32 Å². The first kappa shape index (κ1) is 10.4. The average molecular weight is 220 g/mol. The molecule has 0 aromatic heterocycles. The third kappa shape index (κ3) is 2.48. The van der Waals surface area contributed by atoms with Crippen LogP contribution in [0.3, 0.4) is 0 Å². The van der Waals surface area contributed by atoms with Gasteiger partial charge in [0.25, 0.3) is 0 Å². The number of halogens is 2. The van der Waals surface area contributed by atoms with Gasteiger partial charge in [0.1, 0.15) is 11.6 Å². The molecule has 0 atom stereocenters. The van der Waals surface area contributed by atoms with Crippen LogP contribution in [-0.4, -0.2) is 0 Å². The van der Waals surface area contributed by atoms with E-state index in [-0.39, 0.29) is 5.82 Å². The summed E-state index contributed by atoms with van der Waals surface area (Å²) < 4.78 is 25.7. The third-order valence-corrected chi connectivity index (χ3v) is 2.05. The lowest BCUT2D eigenvalue weighted by atomic mass is 10.2. The van der Waals surface area contributed by atoms with E-state index < -0.39 is 5.82 Å². The molecule has 4 heteroatoms. The molecule has 3 N–H and O–H groups in total. The number of nitrogen functional groups attached to an aromatic ring is 1. The van der Waals surface area contributed by atoms with Crippen LogP contribution in [0.5, 0.6) is 0 Å². The zero-order chi connectivity index (χ0) is 11.5. The fraction of sp³-hybridized carbons (Fsp3) is 0. The quantitative estimate of drug-likeness (QED) is 0.762. The van der Waals surface area contributed by atoms with Gasteiger partial charge in [-0.2, -0.15) is 0 Å². The molecule has 0 saturated heterocycles. The molecule has 0 fully saturated rings. The second-order valence-corrected chi connectivity index (χ2v) is 3.41. The molecule has 0 aliphatic heterocycles. The van der Waals surface area contributed by atoms with Crippen molar-refractivity contribution in [1.29, 1.82) is 0 Å². The Morgan fingerprint density at radius 2 is 1.50 bits per heavy atom. The van der Waals surface area contributed by atoms with Gasteiger partial charge in [-0.1, -0.05) is 0 Å². The van der Waals surface area contributed by atoms with Crippen LogP contribution < -0.4 is 11.1 Å². The van der Waals surface area contributed by atoms with E-state index in [1.807, 2.05) is 0 Å². The first-order valence-electron chi connectivity index (χ1n) is 4.72. The molecule has 2 aromatic rings. The van der Waals surface area contributed by atoms with E-state index in [1.165, 1.54) is 24.3 Å². The number of hydrogen-bond donors (Lipinski definition) is 2. The topological polar surface area (TPSA) is 38.0 Å². The molecule has 0 radical (unpaired) electrons. The van der Waals surface area contributed by atoms with Gasteiger partial charge in [0.05, 0.1) is 0 Å². The van der Waals surface area contributed by atoms with E-state index in [0.717, 1.165) is 0 Å². The van der Waals surface area contributed by atoms with Crippen LogP contribution in [0.25, 0.3) is 0 Å². The van der Waals surface area contributed by atoms with Crippen molar-refractivity contribution in [3.05, 3.63) is 54.1 Å². The monoisotopic (exact) mass is 220 g/mol. The fourth-order valence-electron chi connectivity index (χ4n) is 1.38. The zero-order valence-corrected chi connectivity index (χ0v) is 8.37. The van der Waals surface area contributed by atoms with Gasteiger partial charge < -0.3 is 11.1 Å². The summed E-state index contributed by atoms with van der Waals surface area (Å²) in [6.45, 7) is 0. The van der Waals surface area contributed by atoms with Gasteiger partial charge in [0.2, 0.25) is 0 Å². The highest BCUT2D eigenvalue weighted by atomic mass is 19.1. The van der Waals surface area contributed by atoms with Gasteiger partial charge in [0, 0.05) is 17.1 Å². The summed E-state index contributed by atoms with van der Waals surface area (Å²) in [5.41, 5.74) is 7.04. The van der Waals surface area contributed by atoms with Crippen molar-refractivity contribution in [3.63, 3.8) is 0 Å². The van der Waals surface area contributed by atoms with Crippen molar-refractivity contribution >= 4 is 17.1 Å². The van der Waals surface area contributed by atoms with Crippen molar-refractivity contribution < 1.29 is 8.78 Å². The Hall–Kier alpha value is -2.10. The summed E-state index contributed by atoms with van der Waals surface area (Å²) in [6.07, 6.45) is 0. The zero-order valence-electron chi connectivity index (χ0n) is 8.37. The van der Waals surface area contributed by atoms with Gasteiger partial charge in [-0.3, -0.25) is 0 Å². The molecule has 0 heterocycles. The molecule has 0 saturated carbocycles. The van der Waals surface area contributed by atoms with Crippen LogP contribution in [0, 0.1) is 11.6 Å². The molecule has 16 heavy (non-hydrogen) atoms. The molecule has 0 bridgehead atoms.